The lowest BCUT2D eigenvalue weighted by molar-refractivity contribution is -0.289. The molecule has 0 amide bonds. The number of halogens is 2. The molecule has 1 aromatic heterocycles. The number of nitrogens with zero attached hydrogens (tertiary/aromatic N) is 3. The van der Waals surface area contributed by atoms with E-state index in [1.54, 1.807) is 0 Å². The number of aromatic nitrogens is 3. The summed E-state index contributed by atoms with van der Waals surface area (Å²) in [5, 5.41) is -0.601. The molecule has 176 valence electrons. The fourth-order valence-electron chi connectivity index (χ4n) is 2.75. The van der Waals surface area contributed by atoms with E-state index >= 15 is 0 Å². The van der Waals surface area contributed by atoms with E-state index < -0.39 is 67.2 Å². The second-order valence-electron chi connectivity index (χ2n) is 6.34. The monoisotopic (exact) mass is 495 g/mol. The molecule has 1 fully saturated rings. The Morgan fingerprint density at radius 1 is 0.781 bits per heavy atom. The van der Waals surface area contributed by atoms with Gasteiger partial charge in [-0.2, -0.15) is 15.0 Å². The van der Waals surface area contributed by atoms with Crippen molar-refractivity contribution in [3.63, 3.8) is 0 Å². The maximum absolute atomic E-state index is 11.8. The topological polar surface area (TPSA) is 162 Å². The molecule has 1 saturated heterocycles. The molecule has 0 saturated carbocycles. The summed E-state index contributed by atoms with van der Waals surface area (Å²) in [4.78, 5) is 57.5. The van der Waals surface area contributed by atoms with Crippen LogP contribution in [-0.4, -0.2) is 76.1 Å². The average molecular weight is 496 g/mol. The number of hydrogen-bond donors (Lipinski definition) is 0. The van der Waals surface area contributed by atoms with Crippen molar-refractivity contribution >= 4 is 47.1 Å². The number of ether oxygens (including phenoxy) is 6. The molecule has 1 aliphatic heterocycles. The van der Waals surface area contributed by atoms with Crippen molar-refractivity contribution in [2.24, 2.45) is 0 Å². The molecule has 0 unspecified atom stereocenters. The Kier molecular flexibility index (Phi) is 8.92. The molecule has 5 atom stereocenters. The Morgan fingerprint density at radius 2 is 1.28 bits per heavy atom. The van der Waals surface area contributed by atoms with Gasteiger partial charge in [0.1, 0.15) is 12.7 Å². The standard InChI is InChI=1S/C17H19Cl2N3O10/c1-6(23)27-5-10-11(28-7(2)24)12(29-8(3)25)13(30-9(4)26)14(31-10)32-17-21-15(18)20-16(19)22-17/h10-14H,5H2,1-4H3/t10-,11-,12+,13-,14+/m1/s1. The van der Waals surface area contributed by atoms with Crippen LogP contribution in [0.2, 0.25) is 10.6 Å². The van der Waals surface area contributed by atoms with Gasteiger partial charge in [-0.05, 0) is 23.2 Å². The second kappa shape index (κ2) is 11.2. The molecule has 15 heteroatoms. The van der Waals surface area contributed by atoms with Gasteiger partial charge in [-0.1, -0.05) is 0 Å². The molecule has 0 aromatic carbocycles. The van der Waals surface area contributed by atoms with Gasteiger partial charge < -0.3 is 28.4 Å². The molecular formula is C17H19Cl2N3O10. The Hall–Kier alpha value is -2.77. The number of rotatable bonds is 7. The Labute approximate surface area is 191 Å². The molecule has 13 nitrogen and oxygen atoms in total. The number of carbonyl (C=O) groups is 4. The third-order valence-electron chi connectivity index (χ3n) is 3.73. The summed E-state index contributed by atoms with van der Waals surface area (Å²) in [7, 11) is 0. The van der Waals surface area contributed by atoms with E-state index in [0.29, 0.717) is 0 Å². The minimum Gasteiger partial charge on any atom is -0.463 e. The van der Waals surface area contributed by atoms with Gasteiger partial charge in [0.2, 0.25) is 23.0 Å². The van der Waals surface area contributed by atoms with Crippen LogP contribution in [0.3, 0.4) is 0 Å². The van der Waals surface area contributed by atoms with Gasteiger partial charge in [0, 0.05) is 27.7 Å². The Morgan fingerprint density at radius 3 is 1.78 bits per heavy atom. The first-order valence-electron chi connectivity index (χ1n) is 9.00. The summed E-state index contributed by atoms with van der Waals surface area (Å²) in [5.74, 6) is -3.01. The van der Waals surface area contributed by atoms with E-state index in [-0.39, 0.29) is 10.6 Å². The van der Waals surface area contributed by atoms with Crippen molar-refractivity contribution in [1.82, 2.24) is 15.0 Å². The van der Waals surface area contributed by atoms with Gasteiger partial charge in [-0.25, -0.2) is 0 Å². The van der Waals surface area contributed by atoms with Crippen molar-refractivity contribution in [3.05, 3.63) is 10.6 Å². The van der Waals surface area contributed by atoms with E-state index in [4.69, 9.17) is 51.6 Å². The van der Waals surface area contributed by atoms with E-state index in [1.165, 1.54) is 0 Å². The molecule has 0 radical (unpaired) electrons. The third kappa shape index (κ3) is 7.43. The zero-order valence-electron chi connectivity index (χ0n) is 17.3. The molecule has 1 aromatic rings. The van der Waals surface area contributed by atoms with Crippen molar-refractivity contribution < 1.29 is 47.6 Å². The number of carbonyl (C=O) groups excluding carboxylic acids is 4. The van der Waals surface area contributed by atoms with E-state index in [1.807, 2.05) is 0 Å². The molecule has 0 bridgehead atoms. The van der Waals surface area contributed by atoms with Crippen molar-refractivity contribution in [2.75, 3.05) is 6.61 Å². The zero-order chi connectivity index (χ0) is 24.0. The maximum Gasteiger partial charge on any atom is 0.324 e. The first-order chi connectivity index (χ1) is 15.0. The summed E-state index contributed by atoms with van der Waals surface area (Å²) < 4.78 is 32.0. The Bertz CT molecular complexity index is 866. The lowest BCUT2D eigenvalue weighted by Gasteiger charge is -2.43. The molecule has 1 aliphatic rings. The minimum atomic E-state index is -1.52. The molecule has 2 rings (SSSR count). The fourth-order valence-corrected chi connectivity index (χ4v) is 3.10. The molecule has 32 heavy (non-hydrogen) atoms. The maximum atomic E-state index is 11.8. The van der Waals surface area contributed by atoms with E-state index in [9.17, 15) is 19.2 Å². The molecule has 0 N–H and O–H groups in total. The van der Waals surface area contributed by atoms with Crippen LogP contribution in [0.15, 0.2) is 0 Å². The SMILES string of the molecule is CC(=O)OC[C@H]1O[C@@H](Oc2nc(Cl)nc(Cl)n2)[C@H](OC(C)=O)[C@@H](OC(C)=O)[C@@H]1OC(C)=O. The van der Waals surface area contributed by atoms with Crippen LogP contribution in [0.4, 0.5) is 0 Å². The van der Waals surface area contributed by atoms with Crippen LogP contribution in [0.25, 0.3) is 0 Å². The summed E-state index contributed by atoms with van der Waals surface area (Å²) in [6, 6.07) is -0.407. The largest absolute Gasteiger partial charge is 0.463 e. The highest BCUT2D eigenvalue weighted by Gasteiger charge is 2.53. The van der Waals surface area contributed by atoms with Crippen LogP contribution < -0.4 is 4.74 Å². The fraction of sp³-hybridized carbons (Fsp3) is 0.588. The van der Waals surface area contributed by atoms with Gasteiger partial charge in [0.25, 0.3) is 0 Å². The highest BCUT2D eigenvalue weighted by Crippen LogP contribution is 2.30. The first-order valence-corrected chi connectivity index (χ1v) is 9.76. The quantitative estimate of drug-likeness (QED) is 0.382. The van der Waals surface area contributed by atoms with Crippen LogP contribution in [0, 0.1) is 0 Å². The third-order valence-corrected chi connectivity index (χ3v) is 4.07. The smallest absolute Gasteiger partial charge is 0.324 e. The van der Waals surface area contributed by atoms with Gasteiger partial charge in [0.15, 0.2) is 12.2 Å². The van der Waals surface area contributed by atoms with Crippen LogP contribution >= 0.6 is 23.2 Å². The summed E-state index contributed by atoms with van der Waals surface area (Å²) in [5.41, 5.74) is 0. The predicted octanol–water partition coefficient (Wildman–Crippen LogP) is 0.640. The van der Waals surface area contributed by atoms with E-state index in [0.717, 1.165) is 27.7 Å². The summed E-state index contributed by atoms with van der Waals surface area (Å²) in [6.45, 7) is 4.01. The van der Waals surface area contributed by atoms with Crippen molar-refractivity contribution in [3.8, 4) is 6.01 Å². The normalized spacial score (nSPS) is 24.8. The average Bonchev–Trinajstić information content (AvgIpc) is 2.63. The lowest BCUT2D eigenvalue weighted by atomic mass is 9.98. The molecule has 0 spiro atoms. The molecule has 0 aliphatic carbocycles. The number of hydrogen-bond acceptors (Lipinski definition) is 13. The minimum absolute atomic E-state index is 0.300. The van der Waals surface area contributed by atoms with Gasteiger partial charge in [-0.15, -0.1) is 0 Å². The first kappa shape index (κ1) is 25.5. The van der Waals surface area contributed by atoms with Gasteiger partial charge >= 0.3 is 29.9 Å². The highest BCUT2D eigenvalue weighted by molar-refractivity contribution is 6.31. The van der Waals surface area contributed by atoms with Crippen LogP contribution in [0.1, 0.15) is 27.7 Å². The van der Waals surface area contributed by atoms with Gasteiger partial charge in [0.05, 0.1) is 0 Å². The van der Waals surface area contributed by atoms with Crippen molar-refractivity contribution in [2.45, 2.75) is 58.4 Å². The zero-order valence-corrected chi connectivity index (χ0v) is 18.8. The summed E-state index contributed by atoms with van der Waals surface area (Å²) in [6.07, 6.45) is -6.91. The van der Waals surface area contributed by atoms with Crippen molar-refractivity contribution in [1.29, 1.82) is 0 Å². The molecule has 2 heterocycles. The number of esters is 4. The van der Waals surface area contributed by atoms with Crippen LogP contribution in [-0.2, 0) is 42.9 Å². The predicted molar refractivity (Wildman–Crippen MR) is 102 cm³/mol. The second-order valence-corrected chi connectivity index (χ2v) is 7.02. The van der Waals surface area contributed by atoms with Crippen LogP contribution in [0.5, 0.6) is 6.01 Å². The highest BCUT2D eigenvalue weighted by atomic mass is 35.5. The van der Waals surface area contributed by atoms with Gasteiger partial charge in [-0.3, -0.25) is 19.2 Å². The Balaban J connectivity index is 2.47. The lowest BCUT2D eigenvalue weighted by Crippen LogP contribution is -2.63. The summed E-state index contributed by atoms with van der Waals surface area (Å²) >= 11 is 11.5. The molecular weight excluding hydrogens is 477 g/mol. The van der Waals surface area contributed by atoms with E-state index in [2.05, 4.69) is 15.0 Å².